The fourth-order valence-electron chi connectivity index (χ4n) is 2.49. The van der Waals surface area contributed by atoms with Gasteiger partial charge in [0.2, 0.25) is 5.91 Å². The number of amides is 3. The van der Waals surface area contributed by atoms with Crippen LogP contribution in [0.15, 0.2) is 11.4 Å². The Bertz CT molecular complexity index is 556. The molecule has 1 aromatic rings. The van der Waals surface area contributed by atoms with E-state index in [0.717, 1.165) is 16.9 Å². The van der Waals surface area contributed by atoms with E-state index >= 15 is 0 Å². The van der Waals surface area contributed by atoms with E-state index in [9.17, 15) is 14.4 Å². The topological polar surface area (TPSA) is 104 Å². The quantitative estimate of drug-likeness (QED) is 0.852. The molecule has 0 spiro atoms. The van der Waals surface area contributed by atoms with Crippen LogP contribution >= 0.6 is 11.3 Å². The normalized spacial score (nSPS) is 17.2. The van der Waals surface area contributed by atoms with Crippen LogP contribution in [0.1, 0.15) is 23.4 Å². The van der Waals surface area contributed by atoms with E-state index in [2.05, 4.69) is 0 Å². The largest absolute Gasteiger partial charge is 0.480 e. The summed E-state index contributed by atoms with van der Waals surface area (Å²) in [6.07, 6.45) is 0.737. The molecule has 2 heterocycles. The molecule has 0 aromatic carbocycles. The predicted octanol–water partition coefficient (Wildman–Crippen LogP) is 0.659. The summed E-state index contributed by atoms with van der Waals surface area (Å²) in [6.45, 7) is 1.46. The van der Waals surface area contributed by atoms with Crippen molar-refractivity contribution < 1.29 is 19.5 Å². The third-order valence-corrected chi connectivity index (χ3v) is 4.46. The number of carboxylic acids is 1. The van der Waals surface area contributed by atoms with Crippen LogP contribution in [0.3, 0.4) is 0 Å². The molecule has 3 amide bonds. The lowest BCUT2D eigenvalue weighted by Crippen LogP contribution is -2.50. The Balaban J connectivity index is 2.17. The highest BCUT2D eigenvalue weighted by Crippen LogP contribution is 2.33. The molecule has 1 unspecified atom stereocenters. The zero-order valence-electron chi connectivity index (χ0n) is 11.6. The fourth-order valence-corrected chi connectivity index (χ4v) is 3.46. The zero-order valence-corrected chi connectivity index (χ0v) is 12.4. The van der Waals surface area contributed by atoms with E-state index in [1.807, 2.05) is 18.4 Å². The number of nitrogens with zero attached hydrogens (tertiary/aromatic N) is 2. The standard InChI is InChI=1S/C13H17N3O4S/c1-8-9-3-5-21-10(9)2-4-16(8)13(20)15(6-11(14)17)7-12(18)19/h3,5,8H,2,4,6-7H2,1H3,(H2,14,17)(H,18,19). The van der Waals surface area contributed by atoms with E-state index in [1.54, 1.807) is 16.2 Å². The Morgan fingerprint density at radius 1 is 1.48 bits per heavy atom. The molecular formula is C13H17N3O4S. The van der Waals surface area contributed by atoms with Crippen molar-refractivity contribution in [1.29, 1.82) is 0 Å². The lowest BCUT2D eigenvalue weighted by atomic mass is 10.0. The second-order valence-corrected chi connectivity index (χ2v) is 5.92. The molecule has 0 aliphatic carbocycles. The Morgan fingerprint density at radius 3 is 2.81 bits per heavy atom. The number of carbonyl (C=O) groups excluding carboxylic acids is 2. The number of urea groups is 1. The molecule has 0 fully saturated rings. The first-order valence-corrected chi connectivity index (χ1v) is 7.40. The molecule has 0 saturated heterocycles. The minimum absolute atomic E-state index is 0.142. The van der Waals surface area contributed by atoms with Gasteiger partial charge in [-0.1, -0.05) is 0 Å². The van der Waals surface area contributed by atoms with Crippen molar-refractivity contribution in [2.24, 2.45) is 5.73 Å². The van der Waals surface area contributed by atoms with E-state index in [-0.39, 0.29) is 6.04 Å². The molecule has 1 aliphatic heterocycles. The van der Waals surface area contributed by atoms with Gasteiger partial charge >= 0.3 is 12.0 Å². The van der Waals surface area contributed by atoms with Crippen molar-refractivity contribution >= 4 is 29.2 Å². The van der Waals surface area contributed by atoms with Crippen LogP contribution in [-0.4, -0.2) is 52.4 Å². The van der Waals surface area contributed by atoms with Crippen LogP contribution in [0, 0.1) is 0 Å². The monoisotopic (exact) mass is 311 g/mol. The number of rotatable bonds is 4. The van der Waals surface area contributed by atoms with Crippen molar-refractivity contribution in [3.63, 3.8) is 0 Å². The Morgan fingerprint density at radius 2 is 2.19 bits per heavy atom. The van der Waals surface area contributed by atoms with Crippen LogP contribution in [0.25, 0.3) is 0 Å². The van der Waals surface area contributed by atoms with Gasteiger partial charge in [-0.15, -0.1) is 11.3 Å². The van der Waals surface area contributed by atoms with Crippen molar-refractivity contribution in [2.75, 3.05) is 19.6 Å². The summed E-state index contributed by atoms with van der Waals surface area (Å²) in [7, 11) is 0. The number of nitrogens with two attached hydrogens (primary N) is 1. The molecule has 1 atom stereocenters. The van der Waals surface area contributed by atoms with Gasteiger partial charge in [-0.25, -0.2) is 4.79 Å². The summed E-state index contributed by atoms with van der Waals surface area (Å²) in [5.74, 6) is -1.91. The minimum atomic E-state index is -1.18. The summed E-state index contributed by atoms with van der Waals surface area (Å²) in [4.78, 5) is 38.2. The number of thiophene rings is 1. The molecule has 0 saturated carbocycles. The smallest absolute Gasteiger partial charge is 0.323 e. The molecule has 8 heteroatoms. The van der Waals surface area contributed by atoms with Gasteiger partial charge in [-0.05, 0) is 30.4 Å². The van der Waals surface area contributed by atoms with E-state index in [0.29, 0.717) is 6.54 Å². The molecule has 21 heavy (non-hydrogen) atoms. The number of fused-ring (bicyclic) bond motifs is 1. The van der Waals surface area contributed by atoms with Gasteiger partial charge in [0.25, 0.3) is 0 Å². The first kappa shape index (κ1) is 15.3. The van der Waals surface area contributed by atoms with E-state index in [1.165, 1.54) is 4.88 Å². The number of aliphatic carboxylic acids is 1. The Labute approximate surface area is 125 Å². The summed E-state index contributed by atoms with van der Waals surface area (Å²) in [5, 5.41) is 10.9. The average Bonchev–Trinajstić information content (AvgIpc) is 2.86. The summed E-state index contributed by atoms with van der Waals surface area (Å²) >= 11 is 1.65. The molecular weight excluding hydrogens is 294 g/mol. The summed E-state index contributed by atoms with van der Waals surface area (Å²) < 4.78 is 0. The van der Waals surface area contributed by atoms with Gasteiger partial charge in [0.15, 0.2) is 0 Å². The first-order chi connectivity index (χ1) is 9.90. The number of primary amides is 1. The first-order valence-electron chi connectivity index (χ1n) is 6.52. The molecule has 1 aromatic heterocycles. The van der Waals surface area contributed by atoms with Gasteiger partial charge in [-0.2, -0.15) is 0 Å². The number of hydrogen-bond donors (Lipinski definition) is 2. The van der Waals surface area contributed by atoms with Crippen LogP contribution in [-0.2, 0) is 16.0 Å². The van der Waals surface area contributed by atoms with Crippen molar-refractivity contribution in [1.82, 2.24) is 9.80 Å². The molecule has 114 valence electrons. The molecule has 1 aliphatic rings. The second kappa shape index (κ2) is 6.13. The maximum Gasteiger partial charge on any atom is 0.323 e. The van der Waals surface area contributed by atoms with Crippen molar-refractivity contribution in [2.45, 2.75) is 19.4 Å². The van der Waals surface area contributed by atoms with Crippen LogP contribution in [0.5, 0.6) is 0 Å². The van der Waals surface area contributed by atoms with Gasteiger partial charge in [0, 0.05) is 11.4 Å². The SMILES string of the molecule is CC1c2ccsc2CCN1C(=O)N(CC(N)=O)CC(=O)O. The summed E-state index contributed by atoms with van der Waals surface area (Å²) in [5.41, 5.74) is 6.17. The Kier molecular flexibility index (Phi) is 4.46. The predicted molar refractivity (Wildman–Crippen MR) is 76.9 cm³/mol. The molecule has 0 bridgehead atoms. The molecule has 0 radical (unpaired) electrons. The fraction of sp³-hybridized carbons (Fsp3) is 0.462. The highest BCUT2D eigenvalue weighted by molar-refractivity contribution is 7.10. The second-order valence-electron chi connectivity index (χ2n) is 4.92. The third kappa shape index (κ3) is 3.33. The number of hydrogen-bond acceptors (Lipinski definition) is 4. The highest BCUT2D eigenvalue weighted by Gasteiger charge is 2.32. The average molecular weight is 311 g/mol. The highest BCUT2D eigenvalue weighted by atomic mass is 32.1. The maximum absolute atomic E-state index is 12.5. The van der Waals surface area contributed by atoms with Gasteiger partial charge < -0.3 is 20.6 Å². The van der Waals surface area contributed by atoms with Crippen LogP contribution in [0.4, 0.5) is 4.79 Å². The van der Waals surface area contributed by atoms with E-state index in [4.69, 9.17) is 10.8 Å². The number of carboxylic acid groups (broad SMARTS) is 1. The zero-order chi connectivity index (χ0) is 15.6. The minimum Gasteiger partial charge on any atom is -0.480 e. The van der Waals surface area contributed by atoms with Crippen LogP contribution < -0.4 is 5.73 Å². The lowest BCUT2D eigenvalue weighted by molar-refractivity contribution is -0.138. The Hall–Kier alpha value is -2.09. The maximum atomic E-state index is 12.5. The lowest BCUT2D eigenvalue weighted by Gasteiger charge is -2.36. The molecule has 3 N–H and O–H groups in total. The van der Waals surface area contributed by atoms with E-state index < -0.39 is 31.0 Å². The van der Waals surface area contributed by atoms with Crippen molar-refractivity contribution in [3.05, 3.63) is 21.9 Å². The van der Waals surface area contributed by atoms with Gasteiger partial charge in [-0.3, -0.25) is 9.59 Å². The third-order valence-electron chi connectivity index (χ3n) is 3.47. The van der Waals surface area contributed by atoms with Gasteiger partial charge in [0.05, 0.1) is 6.04 Å². The van der Waals surface area contributed by atoms with Gasteiger partial charge in [0.1, 0.15) is 13.1 Å². The molecule has 2 rings (SSSR count). The number of carbonyl (C=O) groups is 3. The van der Waals surface area contributed by atoms with Crippen LogP contribution in [0.2, 0.25) is 0 Å². The molecule has 7 nitrogen and oxygen atoms in total. The van der Waals surface area contributed by atoms with Crippen molar-refractivity contribution in [3.8, 4) is 0 Å². The summed E-state index contributed by atoms with van der Waals surface area (Å²) in [6, 6.07) is 1.36.